The summed E-state index contributed by atoms with van der Waals surface area (Å²) in [6.07, 6.45) is 2.37. The van der Waals surface area contributed by atoms with Gasteiger partial charge in [-0.25, -0.2) is 9.78 Å². The molecule has 1 N–H and O–H groups in total. The van der Waals surface area contributed by atoms with Gasteiger partial charge in [-0.05, 0) is 96.9 Å². The number of benzene rings is 2. The monoisotopic (exact) mass is 640 g/mol. The zero-order valence-electron chi connectivity index (χ0n) is 28.8. The van der Waals surface area contributed by atoms with E-state index in [1.165, 1.54) is 0 Å². The highest BCUT2D eigenvalue weighted by Gasteiger charge is 2.38. The van der Waals surface area contributed by atoms with E-state index < -0.39 is 17.7 Å². The topological polar surface area (TPSA) is 98.4 Å². The zero-order valence-corrected chi connectivity index (χ0v) is 28.8. The molecule has 47 heavy (non-hydrogen) atoms. The fraction of sp³-hybridized carbons (Fsp3) is 0.500. The molecule has 1 fully saturated rings. The lowest BCUT2D eigenvalue weighted by Gasteiger charge is -2.41. The fourth-order valence-corrected chi connectivity index (χ4v) is 6.70. The molecule has 3 aliphatic rings. The van der Waals surface area contributed by atoms with E-state index in [4.69, 9.17) is 24.3 Å². The van der Waals surface area contributed by atoms with Crippen LogP contribution in [0.15, 0.2) is 48.5 Å². The number of aliphatic carboxylic acids is 1. The summed E-state index contributed by atoms with van der Waals surface area (Å²) < 4.78 is 21.0. The molecular weight excluding hydrogens is 592 g/mol. The van der Waals surface area contributed by atoms with Gasteiger partial charge < -0.3 is 24.2 Å². The van der Waals surface area contributed by atoms with E-state index in [2.05, 4.69) is 62.1 Å². The highest BCUT2D eigenvalue weighted by molar-refractivity contribution is 5.80. The van der Waals surface area contributed by atoms with Gasteiger partial charge in [0.05, 0.1) is 29.1 Å². The fourth-order valence-electron chi connectivity index (χ4n) is 6.70. The Kier molecular flexibility index (Phi) is 9.06. The van der Waals surface area contributed by atoms with E-state index in [0.29, 0.717) is 54.9 Å². The summed E-state index contributed by atoms with van der Waals surface area (Å²) in [5.74, 6) is 0.907. The van der Waals surface area contributed by atoms with E-state index in [1.807, 2.05) is 44.3 Å². The molecule has 2 aromatic carbocycles. The number of fused-ring (bicyclic) bond motifs is 8. The van der Waals surface area contributed by atoms with E-state index in [1.54, 1.807) is 0 Å². The zero-order chi connectivity index (χ0) is 33.5. The van der Waals surface area contributed by atoms with Crippen molar-refractivity contribution in [2.75, 3.05) is 31.2 Å². The Morgan fingerprint density at radius 1 is 1.09 bits per heavy atom. The predicted molar refractivity (Wildman–Crippen MR) is 184 cm³/mol. The van der Waals surface area contributed by atoms with Crippen LogP contribution in [0.4, 0.5) is 5.82 Å². The second kappa shape index (κ2) is 12.9. The Balaban J connectivity index is 1.53. The summed E-state index contributed by atoms with van der Waals surface area (Å²) in [4.78, 5) is 20.0. The molecule has 1 saturated heterocycles. The number of hydrogen-bond acceptors (Lipinski definition) is 7. The van der Waals surface area contributed by atoms with Crippen LogP contribution in [0, 0.1) is 19.8 Å². The number of rotatable bonds is 3. The van der Waals surface area contributed by atoms with E-state index >= 15 is 0 Å². The standard InChI is InChI=1S/C38H48N4O5/c1-24-13-14-31-29(20-24)27-11-8-12-28(21-27)30-22-32-39-26(3)33(34(36(43)44)47-37(4,5)6)35(42(32)40-30)41-17-15-38(7,16-18-41)46-19-9-10-25(2)23-45-31/h8,11-14,20-22,25,34H,9-10,15-19,23H2,1-7H3,(H,43,44)/t25?,34-/m0/s1. The maximum Gasteiger partial charge on any atom is 0.337 e. The molecule has 2 atom stereocenters. The smallest absolute Gasteiger partial charge is 0.337 e. The molecule has 0 aliphatic carbocycles. The van der Waals surface area contributed by atoms with Crippen molar-refractivity contribution >= 4 is 17.4 Å². The van der Waals surface area contributed by atoms with Crippen LogP contribution in [0.2, 0.25) is 0 Å². The minimum Gasteiger partial charge on any atom is -0.493 e. The third kappa shape index (κ3) is 7.16. The number of carboxylic acid groups (broad SMARTS) is 1. The number of nitrogens with zero attached hydrogens (tertiary/aromatic N) is 4. The molecule has 0 radical (unpaired) electrons. The van der Waals surface area contributed by atoms with E-state index in [0.717, 1.165) is 59.4 Å². The maximum absolute atomic E-state index is 12.8. The van der Waals surface area contributed by atoms with Crippen molar-refractivity contribution < 1.29 is 24.1 Å². The van der Waals surface area contributed by atoms with Crippen molar-refractivity contribution in [2.24, 2.45) is 5.92 Å². The number of carboxylic acids is 1. The largest absolute Gasteiger partial charge is 0.493 e. The number of carbonyl (C=O) groups is 1. The van der Waals surface area contributed by atoms with Gasteiger partial charge in [0.2, 0.25) is 0 Å². The first kappa shape index (κ1) is 33.0. The number of hydrogen-bond donors (Lipinski definition) is 1. The van der Waals surface area contributed by atoms with Crippen LogP contribution in [0.1, 0.15) is 83.2 Å². The first-order chi connectivity index (χ1) is 22.3. The minimum atomic E-state index is -1.21. The molecule has 2 aromatic heterocycles. The van der Waals surface area contributed by atoms with Crippen LogP contribution < -0.4 is 9.64 Å². The van der Waals surface area contributed by atoms with Gasteiger partial charge >= 0.3 is 5.97 Å². The highest BCUT2D eigenvalue weighted by atomic mass is 16.5. The maximum atomic E-state index is 12.8. The Morgan fingerprint density at radius 2 is 1.83 bits per heavy atom. The lowest BCUT2D eigenvalue weighted by Crippen LogP contribution is -2.46. The average Bonchev–Trinajstić information content (AvgIpc) is 3.44. The molecular formula is C38H48N4O5. The first-order valence-electron chi connectivity index (χ1n) is 16.8. The highest BCUT2D eigenvalue weighted by Crippen LogP contribution is 2.39. The summed E-state index contributed by atoms with van der Waals surface area (Å²) in [5, 5.41) is 15.6. The second-order valence-electron chi connectivity index (χ2n) is 14.6. The summed E-state index contributed by atoms with van der Waals surface area (Å²) in [5.41, 5.74) is 5.78. The molecule has 4 aromatic rings. The third-order valence-corrected chi connectivity index (χ3v) is 9.30. The van der Waals surface area contributed by atoms with Crippen LogP contribution in [-0.2, 0) is 14.3 Å². The lowest BCUT2D eigenvalue weighted by molar-refractivity contribution is -0.160. The van der Waals surface area contributed by atoms with Gasteiger partial charge in [0.1, 0.15) is 11.6 Å². The lowest BCUT2D eigenvalue weighted by atomic mass is 9.92. The second-order valence-corrected chi connectivity index (χ2v) is 14.6. The van der Waals surface area contributed by atoms with Crippen molar-refractivity contribution in [3.63, 3.8) is 0 Å². The number of piperidine rings is 1. The van der Waals surface area contributed by atoms with Gasteiger partial charge in [0.15, 0.2) is 11.8 Å². The summed E-state index contributed by atoms with van der Waals surface area (Å²) >= 11 is 0. The molecule has 5 heterocycles. The molecule has 1 unspecified atom stereocenters. The molecule has 6 bridgehead atoms. The van der Waals surface area contributed by atoms with Crippen molar-refractivity contribution in [3.05, 3.63) is 65.4 Å². The van der Waals surface area contributed by atoms with Gasteiger partial charge in [-0.15, -0.1) is 0 Å². The van der Waals surface area contributed by atoms with Gasteiger partial charge in [0, 0.05) is 42.6 Å². The van der Waals surface area contributed by atoms with Crippen molar-refractivity contribution in [1.29, 1.82) is 0 Å². The van der Waals surface area contributed by atoms with Gasteiger partial charge in [-0.2, -0.15) is 9.61 Å². The summed E-state index contributed by atoms with van der Waals surface area (Å²) in [6.45, 7) is 16.7. The van der Waals surface area contributed by atoms with Crippen LogP contribution in [0.25, 0.3) is 28.0 Å². The average molecular weight is 641 g/mol. The number of aryl methyl sites for hydroxylation is 2. The number of aromatic nitrogens is 3. The first-order valence-corrected chi connectivity index (χ1v) is 16.8. The van der Waals surface area contributed by atoms with Crippen molar-refractivity contribution in [2.45, 2.75) is 91.5 Å². The molecule has 0 saturated carbocycles. The Morgan fingerprint density at radius 3 is 2.55 bits per heavy atom. The van der Waals surface area contributed by atoms with Gasteiger partial charge in [-0.3, -0.25) is 0 Å². The van der Waals surface area contributed by atoms with Crippen molar-refractivity contribution in [3.8, 4) is 28.1 Å². The van der Waals surface area contributed by atoms with Crippen LogP contribution in [-0.4, -0.2) is 63.2 Å². The molecule has 0 amide bonds. The summed E-state index contributed by atoms with van der Waals surface area (Å²) in [7, 11) is 0. The summed E-state index contributed by atoms with van der Waals surface area (Å²) in [6, 6.07) is 16.7. The predicted octanol–water partition coefficient (Wildman–Crippen LogP) is 7.81. The van der Waals surface area contributed by atoms with Crippen LogP contribution >= 0.6 is 0 Å². The van der Waals surface area contributed by atoms with E-state index in [9.17, 15) is 9.90 Å². The minimum absolute atomic E-state index is 0.265. The molecule has 9 nitrogen and oxygen atoms in total. The van der Waals surface area contributed by atoms with Crippen LogP contribution in [0.5, 0.6) is 5.75 Å². The SMILES string of the molecule is Cc1ccc2c(c1)-c1cccc(c1)-c1cc3nc(C)c([C@H](OC(C)(C)C)C(=O)O)c(n3n1)N1CCC(C)(CC1)OCCCC(C)CO2. The number of ether oxygens (including phenoxy) is 3. The third-order valence-electron chi connectivity index (χ3n) is 9.30. The molecule has 250 valence electrons. The van der Waals surface area contributed by atoms with Gasteiger partial charge in [-0.1, -0.05) is 36.8 Å². The van der Waals surface area contributed by atoms with Gasteiger partial charge in [0.25, 0.3) is 0 Å². The van der Waals surface area contributed by atoms with Crippen molar-refractivity contribution in [1.82, 2.24) is 14.6 Å². The quantitative estimate of drug-likeness (QED) is 0.242. The van der Waals surface area contributed by atoms with Crippen LogP contribution in [0.3, 0.4) is 0 Å². The van der Waals surface area contributed by atoms with E-state index in [-0.39, 0.29) is 5.60 Å². The molecule has 9 heteroatoms. The normalized spacial score (nSPS) is 21.3. The Labute approximate surface area is 277 Å². The number of anilines is 1. The molecule has 7 rings (SSSR count). The molecule has 0 spiro atoms. The molecule has 3 aliphatic heterocycles. The Bertz CT molecular complexity index is 1770. The Hall–Kier alpha value is -3.95.